The van der Waals surface area contributed by atoms with Crippen LogP contribution in [0.3, 0.4) is 0 Å². The number of nitrogens with one attached hydrogen (secondary N) is 1. The number of fused-ring (bicyclic) bond motifs is 1. The number of carbonyl (C=O) groups is 1. The quantitative estimate of drug-likeness (QED) is 0.386. The summed E-state index contributed by atoms with van der Waals surface area (Å²) in [5.41, 5.74) is 1.83. The van der Waals surface area contributed by atoms with Crippen LogP contribution in [0, 0.1) is 17.0 Å². The predicted octanol–water partition coefficient (Wildman–Crippen LogP) is 4.21. The minimum absolute atomic E-state index is 0.0251. The van der Waals surface area contributed by atoms with Crippen molar-refractivity contribution in [1.29, 1.82) is 0 Å². The fraction of sp³-hybridized carbons (Fsp3) is 0.176. The van der Waals surface area contributed by atoms with Crippen molar-refractivity contribution in [2.24, 2.45) is 0 Å². The number of thioether (sulfide) groups is 1. The largest absolute Gasteiger partial charge is 0.324 e. The molecule has 1 aromatic heterocycles. The van der Waals surface area contributed by atoms with Crippen molar-refractivity contribution in [3.8, 4) is 0 Å². The number of para-hydroxylation sites is 2. The van der Waals surface area contributed by atoms with Crippen molar-refractivity contribution in [2.75, 3.05) is 5.32 Å². The highest BCUT2D eigenvalue weighted by Crippen LogP contribution is 2.29. The summed E-state index contributed by atoms with van der Waals surface area (Å²) >= 11 is 0.258. The molecule has 0 bridgehead atoms. The fourth-order valence-electron chi connectivity index (χ4n) is 2.57. The summed E-state index contributed by atoms with van der Waals surface area (Å²) in [4.78, 5) is 27.0. The molecule has 0 aliphatic rings. The van der Waals surface area contributed by atoms with Gasteiger partial charge in [-0.05, 0) is 36.4 Å². The number of alkyl halides is 2. The summed E-state index contributed by atoms with van der Waals surface area (Å²) in [5.74, 6) is -3.18. The number of imidazole rings is 1. The molecule has 0 radical (unpaired) electrons. The first kappa shape index (κ1) is 18.8. The van der Waals surface area contributed by atoms with E-state index in [-0.39, 0.29) is 29.2 Å². The maximum Gasteiger partial charge on any atom is 0.291 e. The lowest BCUT2D eigenvalue weighted by molar-refractivity contribution is -0.384. The Morgan fingerprint density at radius 2 is 2.07 bits per heavy atom. The molecule has 1 amide bonds. The molecule has 0 aliphatic heterocycles. The van der Waals surface area contributed by atoms with Gasteiger partial charge in [0.1, 0.15) is 6.54 Å². The second-order valence-corrected chi connectivity index (χ2v) is 6.61. The Labute approximate surface area is 156 Å². The molecule has 27 heavy (non-hydrogen) atoms. The topological polar surface area (TPSA) is 90.1 Å². The lowest BCUT2D eigenvalue weighted by atomic mass is 10.2. The highest BCUT2D eigenvalue weighted by atomic mass is 32.2. The lowest BCUT2D eigenvalue weighted by Gasteiger charge is -2.11. The van der Waals surface area contributed by atoms with Crippen LogP contribution in [0.4, 0.5) is 20.2 Å². The predicted molar refractivity (Wildman–Crippen MR) is 98.1 cm³/mol. The molecule has 10 heteroatoms. The summed E-state index contributed by atoms with van der Waals surface area (Å²) in [6.07, 6.45) is 0. The molecule has 0 spiro atoms. The molecule has 7 nitrogen and oxygen atoms in total. The third kappa shape index (κ3) is 4.22. The molecular weight excluding hydrogens is 378 g/mol. The Kier molecular flexibility index (Phi) is 5.36. The molecule has 1 heterocycles. The van der Waals surface area contributed by atoms with Gasteiger partial charge in [-0.2, -0.15) is 8.78 Å². The monoisotopic (exact) mass is 392 g/mol. The van der Waals surface area contributed by atoms with Crippen LogP contribution in [-0.2, 0) is 11.3 Å². The van der Waals surface area contributed by atoms with Crippen molar-refractivity contribution in [2.45, 2.75) is 24.4 Å². The van der Waals surface area contributed by atoms with Crippen LogP contribution in [-0.4, -0.2) is 26.1 Å². The van der Waals surface area contributed by atoms with Crippen LogP contribution in [0.25, 0.3) is 11.0 Å². The Balaban J connectivity index is 1.88. The van der Waals surface area contributed by atoms with Gasteiger partial charge in [-0.15, -0.1) is 0 Å². The number of hydrogen-bond donors (Lipinski definition) is 1. The van der Waals surface area contributed by atoms with Crippen LogP contribution in [0.2, 0.25) is 0 Å². The summed E-state index contributed by atoms with van der Waals surface area (Å²) in [6, 6.07) is 10.9. The fourth-order valence-corrected chi connectivity index (χ4v) is 3.17. The number of halogens is 2. The highest BCUT2D eigenvalue weighted by Gasteiger charge is 2.18. The highest BCUT2D eigenvalue weighted by molar-refractivity contribution is 7.99. The number of carbonyl (C=O) groups excluding carboxylic acids is 1. The van der Waals surface area contributed by atoms with Gasteiger partial charge in [-0.25, -0.2) is 4.98 Å². The van der Waals surface area contributed by atoms with E-state index in [2.05, 4.69) is 10.3 Å². The van der Waals surface area contributed by atoms with E-state index in [1.54, 1.807) is 31.2 Å². The average Bonchev–Trinajstić information content (AvgIpc) is 2.93. The Hall–Kier alpha value is -3.01. The van der Waals surface area contributed by atoms with E-state index in [1.165, 1.54) is 22.8 Å². The summed E-state index contributed by atoms with van der Waals surface area (Å²) in [7, 11) is 0. The normalized spacial score (nSPS) is 11.1. The van der Waals surface area contributed by atoms with Gasteiger partial charge in [-0.1, -0.05) is 18.2 Å². The number of benzene rings is 2. The van der Waals surface area contributed by atoms with Gasteiger partial charge in [0.25, 0.3) is 11.4 Å². The van der Waals surface area contributed by atoms with E-state index in [0.29, 0.717) is 22.3 Å². The van der Waals surface area contributed by atoms with Crippen molar-refractivity contribution >= 4 is 40.1 Å². The number of aryl methyl sites for hydroxylation is 1. The molecular formula is C17H14F2N4O3S. The van der Waals surface area contributed by atoms with E-state index in [0.717, 1.165) is 0 Å². The zero-order valence-electron chi connectivity index (χ0n) is 14.1. The van der Waals surface area contributed by atoms with Crippen molar-refractivity contribution in [3.05, 3.63) is 58.1 Å². The molecule has 3 rings (SSSR count). The molecule has 140 valence electrons. The van der Waals surface area contributed by atoms with Crippen LogP contribution in [0.1, 0.15) is 5.56 Å². The van der Waals surface area contributed by atoms with Crippen molar-refractivity contribution in [3.63, 3.8) is 0 Å². The number of rotatable bonds is 6. The number of nitro benzene ring substituents is 1. The van der Waals surface area contributed by atoms with E-state index in [4.69, 9.17) is 0 Å². The zero-order valence-corrected chi connectivity index (χ0v) is 14.9. The molecule has 0 saturated carbocycles. The number of hydrogen-bond acceptors (Lipinski definition) is 5. The molecule has 0 saturated heterocycles. The Bertz CT molecular complexity index is 1020. The van der Waals surface area contributed by atoms with Gasteiger partial charge in [0, 0.05) is 12.1 Å². The van der Waals surface area contributed by atoms with Gasteiger partial charge in [-0.3, -0.25) is 14.9 Å². The van der Waals surface area contributed by atoms with Gasteiger partial charge < -0.3 is 9.88 Å². The second kappa shape index (κ2) is 7.70. The van der Waals surface area contributed by atoms with E-state index < -0.39 is 16.6 Å². The summed E-state index contributed by atoms with van der Waals surface area (Å²) in [6.45, 7) is 1.45. The van der Waals surface area contributed by atoms with Crippen LogP contribution >= 0.6 is 11.8 Å². The standard InChI is InChI=1S/C17H14F2N4O3S/c1-10-6-7-11(23(25)26)8-13(10)20-15(24)9-22-14-5-3-2-4-12(14)21-17(22)27-16(18)19/h2-8,16H,9H2,1H3,(H,20,24). The first-order valence-electron chi connectivity index (χ1n) is 7.80. The Morgan fingerprint density at radius 1 is 1.33 bits per heavy atom. The molecule has 0 fully saturated rings. The number of aromatic nitrogens is 2. The van der Waals surface area contributed by atoms with Crippen LogP contribution in [0.15, 0.2) is 47.6 Å². The molecule has 1 N–H and O–H groups in total. The number of non-ortho nitro benzene ring substituents is 1. The third-order valence-corrected chi connectivity index (χ3v) is 4.52. The first-order valence-corrected chi connectivity index (χ1v) is 8.68. The zero-order chi connectivity index (χ0) is 19.6. The minimum Gasteiger partial charge on any atom is -0.324 e. The van der Waals surface area contributed by atoms with Crippen LogP contribution in [0.5, 0.6) is 0 Å². The molecule has 2 aromatic carbocycles. The summed E-state index contributed by atoms with van der Waals surface area (Å²) < 4.78 is 27.1. The number of anilines is 1. The molecule has 3 aromatic rings. The van der Waals surface area contributed by atoms with E-state index in [1.807, 2.05) is 0 Å². The van der Waals surface area contributed by atoms with Gasteiger partial charge in [0.15, 0.2) is 5.16 Å². The smallest absolute Gasteiger partial charge is 0.291 e. The maximum atomic E-state index is 12.8. The van der Waals surface area contributed by atoms with Crippen LogP contribution < -0.4 is 5.32 Å². The van der Waals surface area contributed by atoms with Gasteiger partial charge in [0.2, 0.25) is 5.91 Å². The lowest BCUT2D eigenvalue weighted by Crippen LogP contribution is -2.20. The second-order valence-electron chi connectivity index (χ2n) is 5.65. The molecule has 0 atom stereocenters. The number of amides is 1. The van der Waals surface area contributed by atoms with E-state index >= 15 is 0 Å². The van der Waals surface area contributed by atoms with E-state index in [9.17, 15) is 23.7 Å². The molecule has 0 aliphatic carbocycles. The van der Waals surface area contributed by atoms with Gasteiger partial charge >= 0.3 is 0 Å². The number of nitrogens with zero attached hydrogens (tertiary/aromatic N) is 3. The SMILES string of the molecule is Cc1ccc([N+](=O)[O-])cc1NC(=O)Cn1c(SC(F)F)nc2ccccc21. The Morgan fingerprint density at radius 3 is 2.78 bits per heavy atom. The van der Waals surface area contributed by atoms with Crippen molar-refractivity contribution in [1.82, 2.24) is 9.55 Å². The minimum atomic E-state index is -2.68. The summed E-state index contributed by atoms with van der Waals surface area (Å²) in [5, 5.41) is 13.5. The third-order valence-electron chi connectivity index (χ3n) is 3.82. The maximum absolute atomic E-state index is 12.8. The van der Waals surface area contributed by atoms with Crippen molar-refractivity contribution < 1.29 is 18.5 Å². The number of nitro groups is 1. The first-order chi connectivity index (χ1) is 12.8. The van der Waals surface area contributed by atoms with Gasteiger partial charge in [0.05, 0.1) is 21.6 Å². The molecule has 0 unspecified atom stereocenters. The average molecular weight is 392 g/mol.